The fourth-order valence-corrected chi connectivity index (χ4v) is 11.4. The zero-order chi connectivity index (χ0) is 33.8. The molecule has 242 valence electrons. The number of carbonyl (C=O) groups excluding carboxylic acids is 4. The molecule has 0 unspecified atom stereocenters. The Morgan fingerprint density at radius 2 is 1.31 bits per heavy atom. The highest BCUT2D eigenvalue weighted by atomic mass is 32.1. The van der Waals surface area contributed by atoms with Crippen LogP contribution in [0.4, 0.5) is 0 Å². The van der Waals surface area contributed by atoms with E-state index >= 15 is 0 Å². The highest BCUT2D eigenvalue weighted by Crippen LogP contribution is 2.50. The summed E-state index contributed by atoms with van der Waals surface area (Å²) in [4.78, 5) is 63.4. The largest absolute Gasteiger partial charge is 0.339 e. The number of rotatable bonds is 7. The van der Waals surface area contributed by atoms with Gasteiger partial charge in [-0.2, -0.15) is 0 Å². The molecule has 0 spiro atoms. The molecule has 0 radical (unpaired) electrons. The van der Waals surface area contributed by atoms with Crippen LogP contribution in [0.25, 0.3) is 43.2 Å². The minimum atomic E-state index is -0.189. The number of fused-ring (bicyclic) bond motifs is 4. The van der Waals surface area contributed by atoms with Crippen molar-refractivity contribution >= 4 is 113 Å². The molecule has 0 aliphatic carbocycles. The number of hydrogen-bond donors (Lipinski definition) is 0. The van der Waals surface area contributed by atoms with Gasteiger partial charge in [0.05, 0.1) is 79.4 Å². The molecule has 8 heterocycles. The summed E-state index contributed by atoms with van der Waals surface area (Å²) in [7, 11) is 6.91. The van der Waals surface area contributed by atoms with Gasteiger partial charge < -0.3 is 24.2 Å². The van der Waals surface area contributed by atoms with Crippen molar-refractivity contribution in [2.75, 3.05) is 28.2 Å². The first-order chi connectivity index (χ1) is 23.1. The maximum atomic E-state index is 13.8. The molecular formula is C35H29N5O4S4. The Labute approximate surface area is 292 Å². The van der Waals surface area contributed by atoms with Crippen LogP contribution < -0.4 is 0 Å². The second-order valence-corrected chi connectivity index (χ2v) is 15.8. The molecule has 3 aliphatic rings. The summed E-state index contributed by atoms with van der Waals surface area (Å²) >= 11 is 6.17. The number of amides is 4. The average Bonchev–Trinajstić information content (AvgIpc) is 3.93. The predicted octanol–water partition coefficient (Wildman–Crippen LogP) is 6.83. The van der Waals surface area contributed by atoms with Gasteiger partial charge in [0.25, 0.3) is 17.7 Å². The molecule has 0 atom stereocenters. The smallest absolute Gasteiger partial charge is 0.261 e. The van der Waals surface area contributed by atoms with Gasteiger partial charge in [0.1, 0.15) is 0 Å². The van der Waals surface area contributed by atoms with E-state index < -0.39 is 0 Å². The Bertz CT molecular complexity index is 2380. The molecule has 13 heteroatoms. The lowest BCUT2D eigenvalue weighted by atomic mass is 10.0. The summed E-state index contributed by atoms with van der Waals surface area (Å²) in [6.07, 6.45) is 0.745. The molecule has 8 rings (SSSR count). The molecule has 0 saturated carbocycles. The zero-order valence-corrected chi connectivity index (χ0v) is 30.2. The topological polar surface area (TPSA) is 86.2 Å². The van der Waals surface area contributed by atoms with Gasteiger partial charge in [-0.15, -0.1) is 45.3 Å². The lowest BCUT2D eigenvalue weighted by molar-refractivity contribution is -0.123. The van der Waals surface area contributed by atoms with Gasteiger partial charge in [-0.05, 0) is 54.4 Å². The summed E-state index contributed by atoms with van der Waals surface area (Å²) < 4.78 is 4.27. The van der Waals surface area contributed by atoms with E-state index in [1.807, 2.05) is 41.9 Å². The van der Waals surface area contributed by atoms with Gasteiger partial charge in [-0.25, -0.2) is 0 Å². The van der Waals surface area contributed by atoms with Gasteiger partial charge >= 0.3 is 0 Å². The fourth-order valence-electron chi connectivity index (χ4n) is 7.08. The van der Waals surface area contributed by atoms with Crippen LogP contribution in [0, 0.1) is 0 Å². The molecule has 5 aromatic rings. The first kappa shape index (κ1) is 30.8. The normalized spacial score (nSPS) is 18.0. The first-order valence-electron chi connectivity index (χ1n) is 15.2. The lowest BCUT2D eigenvalue weighted by Gasteiger charge is -2.18. The molecule has 0 fully saturated rings. The summed E-state index contributed by atoms with van der Waals surface area (Å²) in [5.41, 5.74) is 6.94. The third-order valence-electron chi connectivity index (χ3n) is 9.27. The van der Waals surface area contributed by atoms with Crippen LogP contribution in [0.2, 0.25) is 0 Å². The van der Waals surface area contributed by atoms with Crippen LogP contribution in [0.15, 0.2) is 69.5 Å². The highest BCUT2D eigenvalue weighted by molar-refractivity contribution is 7.28. The molecule has 4 amide bonds. The van der Waals surface area contributed by atoms with E-state index in [0.717, 1.165) is 57.6 Å². The van der Waals surface area contributed by atoms with Crippen molar-refractivity contribution in [2.24, 2.45) is 0 Å². The van der Waals surface area contributed by atoms with E-state index in [-0.39, 0.29) is 17.7 Å². The summed E-state index contributed by atoms with van der Waals surface area (Å²) in [5.74, 6) is -0.532. The highest BCUT2D eigenvalue weighted by Gasteiger charge is 2.47. The minimum Gasteiger partial charge on any atom is -0.339 e. The van der Waals surface area contributed by atoms with Gasteiger partial charge in [-0.1, -0.05) is 12.1 Å². The molecule has 3 aliphatic heterocycles. The Morgan fingerprint density at radius 3 is 1.88 bits per heavy atom. The number of aromatic nitrogens is 1. The van der Waals surface area contributed by atoms with E-state index in [0.29, 0.717) is 40.4 Å². The van der Waals surface area contributed by atoms with Crippen molar-refractivity contribution in [3.63, 3.8) is 0 Å². The van der Waals surface area contributed by atoms with Crippen molar-refractivity contribution in [3.8, 4) is 0 Å². The van der Waals surface area contributed by atoms with Crippen LogP contribution in [-0.2, 0) is 25.7 Å². The van der Waals surface area contributed by atoms with E-state index in [1.54, 1.807) is 76.9 Å². The van der Waals surface area contributed by atoms with Crippen LogP contribution in [-0.4, -0.2) is 76.5 Å². The summed E-state index contributed by atoms with van der Waals surface area (Å²) in [6, 6.07) is 12.0. The number of hydrogen-bond acceptors (Lipinski definition) is 8. The van der Waals surface area contributed by atoms with Crippen LogP contribution in [0.5, 0.6) is 0 Å². The lowest BCUT2D eigenvalue weighted by Crippen LogP contribution is -2.24. The summed E-state index contributed by atoms with van der Waals surface area (Å²) in [5, 5.41) is 3.93. The summed E-state index contributed by atoms with van der Waals surface area (Å²) in [6.45, 7) is 4.70. The Morgan fingerprint density at radius 1 is 0.771 bits per heavy atom. The number of aryl methyl sites for hydroxylation is 1. The first-order valence-corrected chi connectivity index (χ1v) is 18.6. The molecule has 5 aromatic heterocycles. The van der Waals surface area contributed by atoms with E-state index in [9.17, 15) is 19.2 Å². The molecule has 0 N–H and O–H groups in total. The van der Waals surface area contributed by atoms with E-state index in [4.69, 9.17) is 0 Å². The molecule has 9 nitrogen and oxygen atoms in total. The van der Waals surface area contributed by atoms with Gasteiger partial charge in [0.15, 0.2) is 0 Å². The quantitative estimate of drug-likeness (QED) is 0.137. The predicted molar refractivity (Wildman–Crippen MR) is 195 cm³/mol. The molecular weight excluding hydrogens is 683 g/mol. The maximum Gasteiger partial charge on any atom is 0.261 e. The Balaban J connectivity index is 1.32. The second-order valence-electron chi connectivity index (χ2n) is 11.8. The molecule has 0 saturated heterocycles. The number of likely N-dealkylation sites (N-methyl/N-ethyl adjacent to an activating group) is 3. The van der Waals surface area contributed by atoms with Gasteiger partial charge in [-0.3, -0.25) is 19.2 Å². The van der Waals surface area contributed by atoms with Crippen molar-refractivity contribution < 1.29 is 19.2 Å². The fraction of sp³-hybridized carbons (Fsp3) is 0.200. The Kier molecular flexibility index (Phi) is 7.04. The standard InChI is InChI=1S/C35H29N5O4S4/c1-7-40-18-14-22(28(36(3)16-41)24-17(2)27(37(4)33(24)42)20-10-8-12-45-20)47-31(18)32-19(40)15-23(48-32)30-26-25(34(43)39(30)6)29(38(5)35(26)44)21-11-9-13-46-21/h8-16H,7H2,1-6H3/b28-24+. The van der Waals surface area contributed by atoms with Gasteiger partial charge in [0.2, 0.25) is 6.41 Å². The SMILES string of the molecule is CCn1c2cc(C3=C4C(=O)N(C)C(c5cccs5)=C4C(=O)N3C)sc2c2sc(/C(=C3\C(=O)N(C)C(c4cccs4)=C3C)N(C)C=O)cc21. The third kappa shape index (κ3) is 4.04. The van der Waals surface area contributed by atoms with Crippen LogP contribution >= 0.6 is 45.3 Å². The van der Waals surface area contributed by atoms with Crippen molar-refractivity contribution in [2.45, 2.75) is 20.4 Å². The van der Waals surface area contributed by atoms with Crippen molar-refractivity contribution in [1.29, 1.82) is 0 Å². The molecule has 48 heavy (non-hydrogen) atoms. The van der Waals surface area contributed by atoms with Crippen molar-refractivity contribution in [1.82, 2.24) is 24.2 Å². The minimum absolute atomic E-state index is 0.154. The number of thiophene rings is 4. The van der Waals surface area contributed by atoms with Crippen LogP contribution in [0.3, 0.4) is 0 Å². The molecule has 0 bridgehead atoms. The number of nitrogens with zero attached hydrogens (tertiary/aromatic N) is 5. The number of carbonyl (C=O) groups is 4. The van der Waals surface area contributed by atoms with Gasteiger partial charge in [0, 0.05) is 34.7 Å². The van der Waals surface area contributed by atoms with Crippen LogP contribution in [0.1, 0.15) is 33.4 Å². The second kappa shape index (κ2) is 11.0. The average molecular weight is 712 g/mol. The maximum absolute atomic E-state index is 13.8. The zero-order valence-electron chi connectivity index (χ0n) is 26.9. The Hall–Kier alpha value is -4.56. The van der Waals surface area contributed by atoms with E-state index in [1.165, 1.54) is 16.2 Å². The molecule has 0 aromatic carbocycles. The third-order valence-corrected chi connectivity index (χ3v) is 13.4. The van der Waals surface area contributed by atoms with Crippen molar-refractivity contribution in [3.05, 3.63) is 89.0 Å². The monoisotopic (exact) mass is 711 g/mol. The van der Waals surface area contributed by atoms with E-state index in [2.05, 4.69) is 23.6 Å².